The molecule has 3 aromatic rings. The van der Waals surface area contributed by atoms with E-state index in [4.69, 9.17) is 0 Å². The molecule has 122 valence electrons. The van der Waals surface area contributed by atoms with Crippen molar-refractivity contribution in [1.29, 1.82) is 0 Å². The van der Waals surface area contributed by atoms with E-state index in [-0.39, 0.29) is 11.9 Å². The molecule has 0 radical (unpaired) electrons. The molecule has 1 saturated heterocycles. The van der Waals surface area contributed by atoms with E-state index in [0.717, 1.165) is 31.0 Å². The van der Waals surface area contributed by atoms with Gasteiger partial charge in [-0.1, -0.05) is 6.07 Å². The minimum Gasteiger partial charge on any atom is -0.353 e. The van der Waals surface area contributed by atoms with Gasteiger partial charge in [-0.3, -0.25) is 14.9 Å². The van der Waals surface area contributed by atoms with Crippen LogP contribution in [0.1, 0.15) is 16.8 Å². The first-order valence-electron chi connectivity index (χ1n) is 7.85. The number of aromatic amines is 1. The van der Waals surface area contributed by atoms with Crippen molar-refractivity contribution in [3.63, 3.8) is 0 Å². The summed E-state index contributed by atoms with van der Waals surface area (Å²) < 4.78 is 0. The van der Waals surface area contributed by atoms with E-state index in [1.165, 1.54) is 4.88 Å². The molecule has 0 aliphatic carbocycles. The van der Waals surface area contributed by atoms with Gasteiger partial charge < -0.3 is 10.2 Å². The number of hydrogen-bond acceptors (Lipinski definition) is 5. The van der Waals surface area contributed by atoms with Crippen molar-refractivity contribution in [2.24, 2.45) is 0 Å². The van der Waals surface area contributed by atoms with Crippen LogP contribution < -0.4 is 10.2 Å². The summed E-state index contributed by atoms with van der Waals surface area (Å²) in [6.45, 7) is 1.65. The second-order valence-corrected chi connectivity index (χ2v) is 6.71. The Labute approximate surface area is 143 Å². The van der Waals surface area contributed by atoms with Crippen LogP contribution in [-0.4, -0.2) is 40.2 Å². The summed E-state index contributed by atoms with van der Waals surface area (Å²) in [6.07, 6.45) is 4.18. The Bertz CT molecular complexity index is 815. The van der Waals surface area contributed by atoms with Crippen LogP contribution in [0.25, 0.3) is 10.6 Å². The normalized spacial score (nSPS) is 17.2. The number of anilines is 1. The summed E-state index contributed by atoms with van der Waals surface area (Å²) in [7, 11) is 0. The Kier molecular flexibility index (Phi) is 4.00. The Hall–Kier alpha value is -2.67. The molecule has 3 aromatic heterocycles. The van der Waals surface area contributed by atoms with Gasteiger partial charge in [0.15, 0.2) is 5.82 Å². The second kappa shape index (κ2) is 6.45. The van der Waals surface area contributed by atoms with Gasteiger partial charge in [-0.05, 0) is 30.0 Å². The van der Waals surface area contributed by atoms with Gasteiger partial charge in [0, 0.05) is 43.2 Å². The molecule has 24 heavy (non-hydrogen) atoms. The van der Waals surface area contributed by atoms with Gasteiger partial charge in [0.2, 0.25) is 0 Å². The van der Waals surface area contributed by atoms with E-state index < -0.39 is 0 Å². The zero-order valence-corrected chi connectivity index (χ0v) is 13.8. The fraction of sp³-hybridized carbons (Fsp3) is 0.235. The lowest BCUT2D eigenvalue weighted by Crippen LogP contribution is -2.37. The quantitative estimate of drug-likeness (QED) is 0.766. The Morgan fingerprint density at radius 1 is 1.33 bits per heavy atom. The lowest BCUT2D eigenvalue weighted by Gasteiger charge is -2.16. The predicted molar refractivity (Wildman–Crippen MR) is 94.2 cm³/mol. The van der Waals surface area contributed by atoms with Crippen molar-refractivity contribution in [2.75, 3.05) is 18.0 Å². The van der Waals surface area contributed by atoms with Crippen LogP contribution in [-0.2, 0) is 0 Å². The lowest BCUT2D eigenvalue weighted by atomic mass is 10.2. The largest absolute Gasteiger partial charge is 0.353 e. The third kappa shape index (κ3) is 3.03. The molecule has 0 aromatic carbocycles. The highest BCUT2D eigenvalue weighted by molar-refractivity contribution is 7.13. The molecule has 0 saturated carbocycles. The van der Waals surface area contributed by atoms with Crippen LogP contribution in [0, 0.1) is 0 Å². The number of carbonyl (C=O) groups excluding carboxylic acids is 1. The summed E-state index contributed by atoms with van der Waals surface area (Å²) in [6, 6.07) is 9.75. The van der Waals surface area contributed by atoms with E-state index >= 15 is 0 Å². The monoisotopic (exact) mass is 339 g/mol. The number of thiophene rings is 1. The summed E-state index contributed by atoms with van der Waals surface area (Å²) in [4.78, 5) is 19.5. The zero-order valence-electron chi connectivity index (χ0n) is 13.0. The molecule has 1 aliphatic heterocycles. The van der Waals surface area contributed by atoms with E-state index in [1.807, 2.05) is 6.07 Å². The highest BCUT2D eigenvalue weighted by Gasteiger charge is 2.26. The molecule has 7 heteroatoms. The summed E-state index contributed by atoms with van der Waals surface area (Å²) >= 11 is 1.69. The van der Waals surface area contributed by atoms with E-state index in [1.54, 1.807) is 35.9 Å². The molecule has 1 aliphatic rings. The molecule has 4 rings (SSSR count). The van der Waals surface area contributed by atoms with E-state index in [0.29, 0.717) is 5.56 Å². The Morgan fingerprint density at radius 3 is 3.00 bits per heavy atom. The van der Waals surface area contributed by atoms with Crippen LogP contribution in [0.15, 0.2) is 48.1 Å². The molecule has 0 unspecified atom stereocenters. The fourth-order valence-electron chi connectivity index (χ4n) is 2.89. The SMILES string of the molecule is O=C(N[C@H]1CCN(c2cc(-c3cccs3)[nH]n2)C1)c1ccncc1. The molecule has 1 atom stereocenters. The number of aromatic nitrogens is 3. The molecule has 0 bridgehead atoms. The van der Waals surface area contributed by atoms with Crippen LogP contribution in [0.4, 0.5) is 5.82 Å². The smallest absolute Gasteiger partial charge is 0.251 e. The number of pyridine rings is 1. The van der Waals surface area contributed by atoms with Gasteiger partial charge in [0.1, 0.15) is 0 Å². The van der Waals surface area contributed by atoms with Crippen LogP contribution in [0.5, 0.6) is 0 Å². The van der Waals surface area contributed by atoms with Gasteiger partial charge in [0.05, 0.1) is 10.6 Å². The van der Waals surface area contributed by atoms with Crippen molar-refractivity contribution in [2.45, 2.75) is 12.5 Å². The number of H-pyrrole nitrogens is 1. The predicted octanol–water partition coefficient (Wildman–Crippen LogP) is 2.54. The second-order valence-electron chi connectivity index (χ2n) is 5.76. The Balaban J connectivity index is 1.39. The molecule has 1 amide bonds. The number of amides is 1. The summed E-state index contributed by atoms with van der Waals surface area (Å²) in [5, 5.41) is 12.6. The number of hydrogen-bond donors (Lipinski definition) is 2. The Morgan fingerprint density at radius 2 is 2.21 bits per heavy atom. The van der Waals surface area contributed by atoms with E-state index in [9.17, 15) is 4.79 Å². The summed E-state index contributed by atoms with van der Waals surface area (Å²) in [5.74, 6) is 0.879. The van der Waals surface area contributed by atoms with Crippen molar-refractivity contribution in [3.05, 3.63) is 53.7 Å². The van der Waals surface area contributed by atoms with Gasteiger partial charge in [-0.2, -0.15) is 5.10 Å². The maximum atomic E-state index is 12.2. The molecular formula is C17H17N5OS. The van der Waals surface area contributed by atoms with Crippen molar-refractivity contribution < 1.29 is 4.79 Å². The molecule has 2 N–H and O–H groups in total. The minimum atomic E-state index is -0.0504. The van der Waals surface area contributed by atoms with Crippen LogP contribution in [0.2, 0.25) is 0 Å². The molecule has 1 fully saturated rings. The third-order valence-electron chi connectivity index (χ3n) is 4.14. The van der Waals surface area contributed by atoms with Crippen molar-refractivity contribution >= 4 is 23.1 Å². The standard InChI is InChI=1S/C17H17N5OS/c23-17(12-3-6-18-7-4-12)19-13-5-8-22(11-13)16-10-14(20-21-16)15-2-1-9-24-15/h1-4,6-7,9-10,13H,5,8,11H2,(H,19,23)(H,20,21)/t13-/m0/s1. The first kappa shape index (κ1) is 14.9. The van der Waals surface area contributed by atoms with Crippen LogP contribution in [0.3, 0.4) is 0 Å². The molecular weight excluding hydrogens is 322 g/mol. The average Bonchev–Trinajstić information content (AvgIpc) is 3.36. The minimum absolute atomic E-state index is 0.0504. The number of carbonyl (C=O) groups is 1. The number of nitrogens with one attached hydrogen (secondary N) is 2. The fourth-order valence-corrected chi connectivity index (χ4v) is 3.58. The maximum absolute atomic E-state index is 12.2. The average molecular weight is 339 g/mol. The lowest BCUT2D eigenvalue weighted by molar-refractivity contribution is 0.0940. The molecule has 0 spiro atoms. The highest BCUT2D eigenvalue weighted by atomic mass is 32.1. The van der Waals surface area contributed by atoms with Crippen molar-refractivity contribution in [1.82, 2.24) is 20.5 Å². The number of rotatable bonds is 4. The summed E-state index contributed by atoms with van der Waals surface area (Å²) in [5.41, 5.74) is 1.67. The molecule has 6 nitrogen and oxygen atoms in total. The van der Waals surface area contributed by atoms with Gasteiger partial charge in [-0.25, -0.2) is 0 Å². The number of nitrogens with zero attached hydrogens (tertiary/aromatic N) is 3. The molecule has 4 heterocycles. The third-order valence-corrected chi connectivity index (χ3v) is 5.04. The highest BCUT2D eigenvalue weighted by Crippen LogP contribution is 2.27. The van der Waals surface area contributed by atoms with Gasteiger partial charge in [0.25, 0.3) is 5.91 Å². The first-order valence-corrected chi connectivity index (χ1v) is 8.73. The maximum Gasteiger partial charge on any atom is 0.251 e. The zero-order chi connectivity index (χ0) is 16.4. The van der Waals surface area contributed by atoms with Crippen LogP contribution >= 0.6 is 11.3 Å². The first-order chi connectivity index (χ1) is 11.8. The topological polar surface area (TPSA) is 73.9 Å². The van der Waals surface area contributed by atoms with Gasteiger partial charge >= 0.3 is 0 Å². The van der Waals surface area contributed by atoms with Crippen molar-refractivity contribution in [3.8, 4) is 10.6 Å². The van der Waals surface area contributed by atoms with E-state index in [2.05, 4.69) is 42.9 Å². The van der Waals surface area contributed by atoms with Gasteiger partial charge in [-0.15, -0.1) is 11.3 Å².